The lowest BCUT2D eigenvalue weighted by atomic mass is 10.0. The summed E-state index contributed by atoms with van der Waals surface area (Å²) in [6, 6.07) is 5.98. The lowest BCUT2D eigenvalue weighted by Crippen LogP contribution is -2.41. The Morgan fingerprint density at radius 1 is 1.61 bits per heavy atom. The highest BCUT2D eigenvalue weighted by Gasteiger charge is 2.22. The van der Waals surface area contributed by atoms with Gasteiger partial charge in [0, 0.05) is 11.9 Å². The summed E-state index contributed by atoms with van der Waals surface area (Å²) in [5, 5.41) is 14.0. The fourth-order valence-electron chi connectivity index (χ4n) is 1.41. The summed E-state index contributed by atoms with van der Waals surface area (Å²) in [6.07, 6.45) is 3.52. The van der Waals surface area contributed by atoms with Gasteiger partial charge in [-0.05, 0) is 38.4 Å². The number of halogens is 1. The second kappa shape index (κ2) is 7.63. The molecule has 1 aromatic heterocycles. The summed E-state index contributed by atoms with van der Waals surface area (Å²) in [4.78, 5) is 4.21. The SMILES string of the molecule is CCCNC(C)(C#N)CCSc1ncccc1Cl. The monoisotopic (exact) mass is 283 g/mol. The molecule has 0 aliphatic rings. The maximum absolute atomic E-state index is 9.20. The van der Waals surface area contributed by atoms with Gasteiger partial charge in [0.1, 0.15) is 10.6 Å². The van der Waals surface area contributed by atoms with Crippen LogP contribution >= 0.6 is 23.4 Å². The summed E-state index contributed by atoms with van der Waals surface area (Å²) in [6.45, 7) is 4.88. The Hall–Kier alpha value is -0.760. The van der Waals surface area contributed by atoms with Crippen molar-refractivity contribution in [2.45, 2.75) is 37.3 Å². The van der Waals surface area contributed by atoms with Crippen LogP contribution in [0.2, 0.25) is 5.02 Å². The molecule has 1 unspecified atom stereocenters. The van der Waals surface area contributed by atoms with Gasteiger partial charge in [-0.2, -0.15) is 5.26 Å². The van der Waals surface area contributed by atoms with Crippen LogP contribution in [-0.4, -0.2) is 22.8 Å². The number of hydrogen-bond donors (Lipinski definition) is 1. The Labute approximate surface area is 118 Å². The van der Waals surface area contributed by atoms with E-state index >= 15 is 0 Å². The average molecular weight is 284 g/mol. The highest BCUT2D eigenvalue weighted by atomic mass is 35.5. The van der Waals surface area contributed by atoms with Crippen LogP contribution in [0.15, 0.2) is 23.4 Å². The van der Waals surface area contributed by atoms with Crippen LogP contribution in [0.5, 0.6) is 0 Å². The molecule has 98 valence electrons. The third-order valence-electron chi connectivity index (χ3n) is 2.58. The normalized spacial score (nSPS) is 13.9. The third kappa shape index (κ3) is 4.85. The summed E-state index contributed by atoms with van der Waals surface area (Å²) < 4.78 is 0. The largest absolute Gasteiger partial charge is 0.300 e. The van der Waals surface area contributed by atoms with Gasteiger partial charge < -0.3 is 0 Å². The lowest BCUT2D eigenvalue weighted by molar-refractivity contribution is 0.437. The number of pyridine rings is 1. The maximum atomic E-state index is 9.20. The fraction of sp³-hybridized carbons (Fsp3) is 0.538. The van der Waals surface area contributed by atoms with Crippen molar-refractivity contribution in [3.63, 3.8) is 0 Å². The van der Waals surface area contributed by atoms with Crippen molar-refractivity contribution in [2.24, 2.45) is 0 Å². The molecule has 18 heavy (non-hydrogen) atoms. The standard InChI is InChI=1S/C13H18ClN3S/c1-3-7-17-13(2,10-15)6-9-18-12-11(14)5-4-8-16-12/h4-5,8,17H,3,6-7,9H2,1-2H3. The van der Waals surface area contributed by atoms with E-state index in [9.17, 15) is 5.26 Å². The van der Waals surface area contributed by atoms with Gasteiger partial charge in [0.05, 0.1) is 11.1 Å². The smallest absolute Gasteiger partial charge is 0.115 e. The van der Waals surface area contributed by atoms with Crippen molar-refractivity contribution in [1.29, 1.82) is 5.26 Å². The average Bonchev–Trinajstić information content (AvgIpc) is 2.39. The van der Waals surface area contributed by atoms with Crippen LogP contribution in [0.1, 0.15) is 26.7 Å². The van der Waals surface area contributed by atoms with Crippen LogP contribution in [-0.2, 0) is 0 Å². The summed E-state index contributed by atoms with van der Waals surface area (Å²) in [7, 11) is 0. The minimum absolute atomic E-state index is 0.468. The van der Waals surface area contributed by atoms with Crippen molar-refractivity contribution in [3.8, 4) is 6.07 Å². The van der Waals surface area contributed by atoms with E-state index in [1.54, 1.807) is 18.0 Å². The molecule has 0 fully saturated rings. The minimum Gasteiger partial charge on any atom is -0.300 e. The van der Waals surface area contributed by atoms with E-state index in [4.69, 9.17) is 11.6 Å². The molecule has 3 nitrogen and oxygen atoms in total. The molecule has 0 amide bonds. The molecule has 5 heteroatoms. The molecule has 1 rings (SSSR count). The Kier molecular flexibility index (Phi) is 6.48. The summed E-state index contributed by atoms with van der Waals surface area (Å²) in [5.74, 6) is 0.817. The molecule has 0 aliphatic carbocycles. The molecule has 1 heterocycles. The van der Waals surface area contributed by atoms with Crippen LogP contribution in [0, 0.1) is 11.3 Å². The van der Waals surface area contributed by atoms with E-state index in [1.165, 1.54) is 0 Å². The van der Waals surface area contributed by atoms with E-state index in [0.717, 1.165) is 30.2 Å². The number of nitriles is 1. The van der Waals surface area contributed by atoms with Crippen molar-refractivity contribution in [3.05, 3.63) is 23.4 Å². The first-order chi connectivity index (χ1) is 8.61. The van der Waals surface area contributed by atoms with Gasteiger partial charge in [-0.25, -0.2) is 4.98 Å². The Morgan fingerprint density at radius 3 is 3.00 bits per heavy atom. The van der Waals surface area contributed by atoms with Crippen LogP contribution in [0.4, 0.5) is 0 Å². The van der Waals surface area contributed by atoms with Gasteiger partial charge in [-0.15, -0.1) is 11.8 Å². The number of rotatable bonds is 7. The Morgan fingerprint density at radius 2 is 2.39 bits per heavy atom. The topological polar surface area (TPSA) is 48.7 Å². The fourth-order valence-corrected chi connectivity index (χ4v) is 2.74. The van der Waals surface area contributed by atoms with Gasteiger partial charge in [0.25, 0.3) is 0 Å². The van der Waals surface area contributed by atoms with E-state index in [2.05, 4.69) is 23.3 Å². The zero-order chi connectivity index (χ0) is 13.4. The first-order valence-corrected chi connectivity index (χ1v) is 7.37. The number of aromatic nitrogens is 1. The minimum atomic E-state index is -0.468. The van der Waals surface area contributed by atoms with Crippen molar-refractivity contribution >= 4 is 23.4 Å². The summed E-state index contributed by atoms with van der Waals surface area (Å²) in [5.41, 5.74) is -0.468. The Balaban J connectivity index is 2.45. The molecule has 0 bridgehead atoms. The van der Waals surface area contributed by atoms with Gasteiger partial charge in [-0.3, -0.25) is 5.32 Å². The highest BCUT2D eigenvalue weighted by molar-refractivity contribution is 7.99. The molecule has 0 saturated carbocycles. The molecule has 0 saturated heterocycles. The number of thioether (sulfide) groups is 1. The Bertz CT molecular complexity index is 419. The molecule has 0 spiro atoms. The molecule has 1 N–H and O–H groups in total. The molecular weight excluding hydrogens is 266 g/mol. The molecule has 1 atom stereocenters. The van der Waals surface area contributed by atoms with Crippen LogP contribution in [0.3, 0.4) is 0 Å². The zero-order valence-electron chi connectivity index (χ0n) is 10.7. The van der Waals surface area contributed by atoms with Gasteiger partial charge in [-0.1, -0.05) is 18.5 Å². The highest BCUT2D eigenvalue weighted by Crippen LogP contribution is 2.26. The van der Waals surface area contributed by atoms with Crippen molar-refractivity contribution in [1.82, 2.24) is 10.3 Å². The summed E-state index contributed by atoms with van der Waals surface area (Å²) >= 11 is 7.62. The van der Waals surface area contributed by atoms with E-state index in [1.807, 2.05) is 19.1 Å². The number of nitrogens with one attached hydrogen (secondary N) is 1. The molecule has 0 aromatic carbocycles. The predicted molar refractivity (Wildman–Crippen MR) is 76.9 cm³/mol. The predicted octanol–water partition coefficient (Wildman–Crippen LogP) is 3.50. The van der Waals surface area contributed by atoms with Gasteiger partial charge >= 0.3 is 0 Å². The first-order valence-electron chi connectivity index (χ1n) is 6.01. The number of nitrogens with zero attached hydrogens (tertiary/aromatic N) is 2. The molecule has 0 radical (unpaired) electrons. The van der Waals surface area contributed by atoms with Crippen molar-refractivity contribution in [2.75, 3.05) is 12.3 Å². The first kappa shape index (κ1) is 15.3. The number of hydrogen-bond acceptors (Lipinski definition) is 4. The van der Waals surface area contributed by atoms with Gasteiger partial charge in [0.2, 0.25) is 0 Å². The second-order valence-corrected chi connectivity index (χ2v) is 5.75. The van der Waals surface area contributed by atoms with E-state index in [-0.39, 0.29) is 0 Å². The quantitative estimate of drug-likeness (QED) is 0.778. The van der Waals surface area contributed by atoms with E-state index in [0.29, 0.717) is 5.02 Å². The third-order valence-corrected chi connectivity index (χ3v) is 4.00. The zero-order valence-corrected chi connectivity index (χ0v) is 12.3. The maximum Gasteiger partial charge on any atom is 0.115 e. The second-order valence-electron chi connectivity index (χ2n) is 4.26. The van der Waals surface area contributed by atoms with E-state index < -0.39 is 5.54 Å². The lowest BCUT2D eigenvalue weighted by Gasteiger charge is -2.22. The van der Waals surface area contributed by atoms with Gasteiger partial charge in [0.15, 0.2) is 0 Å². The molecule has 1 aromatic rings. The van der Waals surface area contributed by atoms with Crippen LogP contribution in [0.25, 0.3) is 0 Å². The van der Waals surface area contributed by atoms with Crippen LogP contribution < -0.4 is 5.32 Å². The van der Waals surface area contributed by atoms with Crippen molar-refractivity contribution < 1.29 is 0 Å². The molecule has 0 aliphatic heterocycles. The molecular formula is C13H18ClN3S.